The Bertz CT molecular complexity index is 259. The molecule has 0 amide bonds. The minimum atomic E-state index is -2.87. The van der Waals surface area contributed by atoms with Gasteiger partial charge in [0.2, 0.25) is 0 Å². The summed E-state index contributed by atoms with van der Waals surface area (Å²) in [4.78, 5) is 0. The van der Waals surface area contributed by atoms with Crippen molar-refractivity contribution in [1.82, 2.24) is 14.7 Å². The third-order valence-electron chi connectivity index (χ3n) is 3.75. The zero-order valence-electron chi connectivity index (χ0n) is 17.4. The van der Waals surface area contributed by atoms with E-state index in [9.17, 15) is 0 Å². The maximum atomic E-state index is 4.07. The minimum absolute atomic E-state index is 0.532. The van der Waals surface area contributed by atoms with Gasteiger partial charge in [-0.15, -0.1) is 0 Å². The fourth-order valence-electron chi connectivity index (χ4n) is 3.36. The Morgan fingerprint density at radius 3 is 1.04 bits per heavy atom. The van der Waals surface area contributed by atoms with E-state index in [2.05, 4.69) is 83.9 Å². The SMILES string of the molecule is CCC[NH][Mo]([NH]CCC)([N](C(C)C)C(C)C)[N](C(C)C)C(C)C. The maximum absolute atomic E-state index is 4.07. The van der Waals surface area contributed by atoms with E-state index in [1.54, 1.807) is 0 Å². The van der Waals surface area contributed by atoms with Gasteiger partial charge in [0.15, 0.2) is 0 Å². The monoisotopic (exact) mass is 414 g/mol. The van der Waals surface area contributed by atoms with E-state index >= 15 is 0 Å². The molecule has 0 aliphatic heterocycles. The summed E-state index contributed by atoms with van der Waals surface area (Å²) in [5, 5.41) is 0. The van der Waals surface area contributed by atoms with Gasteiger partial charge >= 0.3 is 151 Å². The van der Waals surface area contributed by atoms with Crippen LogP contribution in [0.3, 0.4) is 0 Å². The Balaban J connectivity index is 6.09. The van der Waals surface area contributed by atoms with Crippen LogP contribution < -0.4 is 7.75 Å². The van der Waals surface area contributed by atoms with Crippen molar-refractivity contribution in [3.05, 3.63) is 0 Å². The van der Waals surface area contributed by atoms with Gasteiger partial charge in [0.05, 0.1) is 0 Å². The molecule has 0 aromatic rings. The predicted molar refractivity (Wildman–Crippen MR) is 101 cm³/mol. The molecule has 4 nitrogen and oxygen atoms in total. The molecule has 0 atom stereocenters. The third-order valence-corrected chi connectivity index (χ3v) is 13.9. The Morgan fingerprint density at radius 1 is 0.609 bits per heavy atom. The van der Waals surface area contributed by atoms with Crippen molar-refractivity contribution in [2.24, 2.45) is 0 Å². The van der Waals surface area contributed by atoms with Gasteiger partial charge in [-0.3, -0.25) is 0 Å². The number of hydrogen-bond acceptors (Lipinski definition) is 4. The van der Waals surface area contributed by atoms with Gasteiger partial charge in [0.1, 0.15) is 0 Å². The molecule has 0 aliphatic rings. The summed E-state index contributed by atoms with van der Waals surface area (Å²) in [6, 6.07) is 2.13. The fourth-order valence-corrected chi connectivity index (χ4v) is 14.0. The number of rotatable bonds is 12. The molecule has 23 heavy (non-hydrogen) atoms. The Morgan fingerprint density at radius 2 is 0.870 bits per heavy atom. The van der Waals surface area contributed by atoms with E-state index < -0.39 is 17.1 Å². The topological polar surface area (TPSA) is 30.5 Å². The van der Waals surface area contributed by atoms with Crippen LogP contribution in [0.1, 0.15) is 82.1 Å². The van der Waals surface area contributed by atoms with Crippen LogP contribution in [0, 0.1) is 0 Å². The van der Waals surface area contributed by atoms with Gasteiger partial charge in [-0.1, -0.05) is 0 Å². The molecule has 0 aliphatic carbocycles. The van der Waals surface area contributed by atoms with Crippen LogP contribution >= 0.6 is 0 Å². The number of hydrogen-bond donors (Lipinski definition) is 2. The van der Waals surface area contributed by atoms with Crippen LogP contribution in [0.2, 0.25) is 0 Å². The second kappa shape index (κ2) is 11.2. The molecule has 0 bridgehead atoms. The van der Waals surface area contributed by atoms with Gasteiger partial charge < -0.3 is 0 Å². The molecule has 2 N–H and O–H groups in total. The first-order valence-corrected chi connectivity index (χ1v) is 13.3. The summed E-state index contributed by atoms with van der Waals surface area (Å²) in [5.41, 5.74) is 0. The summed E-state index contributed by atoms with van der Waals surface area (Å²) >= 11 is -2.87. The van der Waals surface area contributed by atoms with Crippen LogP contribution in [-0.2, 0) is 17.1 Å². The van der Waals surface area contributed by atoms with E-state index in [-0.39, 0.29) is 0 Å². The summed E-state index contributed by atoms with van der Waals surface area (Å²) in [5.74, 6) is 0. The average molecular weight is 413 g/mol. The number of nitrogens with one attached hydrogen (secondary N) is 2. The first-order chi connectivity index (χ1) is 10.7. The van der Waals surface area contributed by atoms with Crippen LogP contribution in [0.4, 0.5) is 0 Å². The second-order valence-corrected chi connectivity index (χ2v) is 13.6. The molecule has 0 aromatic carbocycles. The quantitative estimate of drug-likeness (QED) is 0.474. The van der Waals surface area contributed by atoms with E-state index in [4.69, 9.17) is 0 Å². The molecule has 0 radical (unpaired) electrons. The molecule has 142 valence electrons. The summed E-state index contributed by atoms with van der Waals surface area (Å²) in [7, 11) is 0. The van der Waals surface area contributed by atoms with Crippen LogP contribution in [0.15, 0.2) is 0 Å². The van der Waals surface area contributed by atoms with Gasteiger partial charge in [-0.2, -0.15) is 0 Å². The van der Waals surface area contributed by atoms with Crippen molar-refractivity contribution >= 4 is 0 Å². The normalized spacial score (nSPS) is 14.3. The summed E-state index contributed by atoms with van der Waals surface area (Å²) in [6.45, 7) is 25.5. The molecule has 0 rings (SSSR count). The molecular formula is C18H44MoN4. The Labute approximate surface area is 151 Å². The van der Waals surface area contributed by atoms with Crippen LogP contribution in [-0.4, -0.2) is 44.2 Å². The van der Waals surface area contributed by atoms with E-state index in [0.717, 1.165) is 13.1 Å². The standard InChI is InChI=1S/2C6H14N.2C3H8N.Mo/c2*1-5(2)7-6(3)4;2*1-2-3-4;/h2*5-6H,1-4H3;2*4H,2-3H2,1H3;/q4*-1;+4. The molecule has 0 unspecified atom stereocenters. The van der Waals surface area contributed by atoms with Crippen LogP contribution in [0.25, 0.3) is 0 Å². The molecule has 0 saturated carbocycles. The first-order valence-electron chi connectivity index (χ1n) is 9.55. The van der Waals surface area contributed by atoms with Gasteiger partial charge in [0, 0.05) is 0 Å². The van der Waals surface area contributed by atoms with E-state index in [0.29, 0.717) is 24.2 Å². The van der Waals surface area contributed by atoms with Crippen molar-refractivity contribution in [3.8, 4) is 0 Å². The summed E-state index contributed by atoms with van der Waals surface area (Å²) in [6.07, 6.45) is 2.35. The van der Waals surface area contributed by atoms with Crippen LogP contribution in [0.5, 0.6) is 0 Å². The molecule has 5 heteroatoms. The molecule has 0 saturated heterocycles. The van der Waals surface area contributed by atoms with Crippen molar-refractivity contribution < 1.29 is 17.1 Å². The molecular weight excluding hydrogens is 368 g/mol. The fraction of sp³-hybridized carbons (Fsp3) is 1.00. The molecule has 0 heterocycles. The predicted octanol–water partition coefficient (Wildman–Crippen LogP) is 4.04. The Hall–Kier alpha value is 0.528. The molecule has 0 fully saturated rings. The zero-order chi connectivity index (χ0) is 18.2. The van der Waals surface area contributed by atoms with Crippen molar-refractivity contribution in [2.45, 2.75) is 106 Å². The summed E-state index contributed by atoms with van der Waals surface area (Å²) < 4.78 is 13.7. The number of nitrogens with zero attached hydrogens (tertiary/aromatic N) is 2. The van der Waals surface area contributed by atoms with Gasteiger partial charge in [0.25, 0.3) is 0 Å². The zero-order valence-corrected chi connectivity index (χ0v) is 19.4. The van der Waals surface area contributed by atoms with E-state index in [1.807, 2.05) is 0 Å². The van der Waals surface area contributed by atoms with Gasteiger partial charge in [-0.25, -0.2) is 0 Å². The van der Waals surface area contributed by atoms with Gasteiger partial charge in [-0.05, 0) is 0 Å². The third kappa shape index (κ3) is 6.40. The van der Waals surface area contributed by atoms with Crippen molar-refractivity contribution in [1.29, 1.82) is 0 Å². The molecule has 0 spiro atoms. The van der Waals surface area contributed by atoms with Crippen molar-refractivity contribution in [2.75, 3.05) is 13.1 Å². The first kappa shape index (κ1) is 23.5. The van der Waals surface area contributed by atoms with E-state index in [1.165, 1.54) is 12.8 Å². The van der Waals surface area contributed by atoms with Crippen molar-refractivity contribution in [3.63, 3.8) is 0 Å². The second-order valence-electron chi connectivity index (χ2n) is 7.43. The Kier molecular flexibility index (Phi) is 11.5. The molecule has 0 aromatic heterocycles. The average Bonchev–Trinajstić information content (AvgIpc) is 2.40.